The molecule has 5 nitrogen and oxygen atoms in total. The van der Waals surface area contributed by atoms with E-state index in [1.54, 1.807) is 18.7 Å². The fraction of sp³-hybridized carbons (Fsp3) is 0.357. The summed E-state index contributed by atoms with van der Waals surface area (Å²) in [4.78, 5) is 19.6. The number of carbonyl (C=O) groups excluding carboxylic acids is 1. The monoisotopic (exact) mass is 259 g/mol. The molecule has 0 aliphatic heterocycles. The van der Waals surface area contributed by atoms with Gasteiger partial charge in [0.2, 0.25) is 0 Å². The van der Waals surface area contributed by atoms with Crippen LogP contribution in [-0.2, 0) is 9.53 Å². The topological polar surface area (TPSA) is 57.0 Å². The molecule has 0 fully saturated rings. The van der Waals surface area contributed by atoms with Crippen molar-refractivity contribution in [3.8, 4) is 11.3 Å². The molecule has 0 saturated heterocycles. The number of imidazole rings is 1. The number of ether oxygens (including phenoxy) is 1. The zero-order valence-corrected chi connectivity index (χ0v) is 11.1. The van der Waals surface area contributed by atoms with Crippen molar-refractivity contribution in [3.63, 3.8) is 0 Å². The van der Waals surface area contributed by atoms with Gasteiger partial charge in [0.25, 0.3) is 0 Å². The Kier molecular flexibility index (Phi) is 4.28. The van der Waals surface area contributed by atoms with E-state index in [0.717, 1.165) is 17.7 Å². The van der Waals surface area contributed by atoms with E-state index in [2.05, 4.69) is 21.6 Å². The predicted molar refractivity (Wildman–Crippen MR) is 71.4 cm³/mol. The normalized spacial score (nSPS) is 12.1. The van der Waals surface area contributed by atoms with E-state index in [1.165, 1.54) is 7.11 Å². The number of aromatic nitrogens is 3. The van der Waals surface area contributed by atoms with Crippen molar-refractivity contribution in [3.05, 3.63) is 37.1 Å². The number of hydrogen-bond acceptors (Lipinski definition) is 4. The van der Waals surface area contributed by atoms with Crippen molar-refractivity contribution in [1.29, 1.82) is 0 Å². The highest BCUT2D eigenvalue weighted by Gasteiger charge is 2.10. The van der Waals surface area contributed by atoms with E-state index < -0.39 is 0 Å². The first-order valence-electron chi connectivity index (χ1n) is 6.21. The van der Waals surface area contributed by atoms with Crippen LogP contribution in [0.15, 0.2) is 37.1 Å². The number of hydrogen-bond donors (Lipinski definition) is 0. The molecule has 100 valence electrons. The van der Waals surface area contributed by atoms with Crippen LogP contribution >= 0.6 is 0 Å². The predicted octanol–water partition coefficient (Wildman–Crippen LogP) is 2.46. The summed E-state index contributed by atoms with van der Waals surface area (Å²) in [5, 5.41) is 0. The standard InChI is InChI=1S/C14H17N3O2/c1-11(5-6-14(18)19-2)17-9-13(16-10-17)12-4-3-7-15-8-12/h3-4,7-11H,5-6H2,1-2H3. The minimum Gasteiger partial charge on any atom is -0.469 e. The average molecular weight is 259 g/mol. The van der Waals surface area contributed by atoms with Crippen molar-refractivity contribution < 1.29 is 9.53 Å². The van der Waals surface area contributed by atoms with Crippen LogP contribution < -0.4 is 0 Å². The Morgan fingerprint density at radius 1 is 1.53 bits per heavy atom. The van der Waals surface area contributed by atoms with Gasteiger partial charge in [0, 0.05) is 36.6 Å². The van der Waals surface area contributed by atoms with Crippen molar-refractivity contribution in [1.82, 2.24) is 14.5 Å². The lowest BCUT2D eigenvalue weighted by Gasteiger charge is -2.11. The van der Waals surface area contributed by atoms with Gasteiger partial charge < -0.3 is 9.30 Å². The summed E-state index contributed by atoms with van der Waals surface area (Å²) in [6.07, 6.45) is 8.42. The Balaban J connectivity index is 2.03. The molecule has 2 aromatic rings. The molecule has 1 unspecified atom stereocenters. The molecular weight excluding hydrogens is 242 g/mol. The maximum absolute atomic E-state index is 11.1. The summed E-state index contributed by atoms with van der Waals surface area (Å²) in [5.41, 5.74) is 1.87. The molecule has 0 aliphatic carbocycles. The molecule has 0 radical (unpaired) electrons. The molecule has 2 rings (SSSR count). The lowest BCUT2D eigenvalue weighted by atomic mass is 10.2. The van der Waals surface area contributed by atoms with Gasteiger partial charge in [0.15, 0.2) is 0 Å². The Bertz CT molecular complexity index is 537. The summed E-state index contributed by atoms with van der Waals surface area (Å²) < 4.78 is 6.64. The van der Waals surface area contributed by atoms with Gasteiger partial charge >= 0.3 is 5.97 Å². The largest absolute Gasteiger partial charge is 0.469 e. The fourth-order valence-corrected chi connectivity index (χ4v) is 1.82. The molecule has 0 N–H and O–H groups in total. The summed E-state index contributed by atoms with van der Waals surface area (Å²) in [7, 11) is 1.41. The Morgan fingerprint density at radius 3 is 3.05 bits per heavy atom. The van der Waals surface area contributed by atoms with Crippen LogP contribution in [0, 0.1) is 0 Å². The molecule has 0 aromatic carbocycles. The highest BCUT2D eigenvalue weighted by atomic mass is 16.5. The molecule has 5 heteroatoms. The van der Waals surface area contributed by atoms with Crippen molar-refractivity contribution in [2.75, 3.05) is 7.11 Å². The molecule has 2 aromatic heterocycles. The van der Waals surface area contributed by atoms with Crippen LogP contribution in [0.25, 0.3) is 11.3 Å². The molecule has 0 aliphatic rings. The second-order valence-electron chi connectivity index (χ2n) is 4.41. The molecule has 0 bridgehead atoms. The van der Waals surface area contributed by atoms with Crippen LogP contribution in [0.4, 0.5) is 0 Å². The summed E-state index contributed by atoms with van der Waals surface area (Å²) in [5.74, 6) is -0.181. The smallest absolute Gasteiger partial charge is 0.305 e. The van der Waals surface area contributed by atoms with Gasteiger partial charge in [-0.25, -0.2) is 4.98 Å². The molecular formula is C14H17N3O2. The Morgan fingerprint density at radius 2 is 2.37 bits per heavy atom. The molecule has 0 amide bonds. The highest BCUT2D eigenvalue weighted by Crippen LogP contribution is 2.19. The Hall–Kier alpha value is -2.17. The van der Waals surface area contributed by atoms with E-state index in [1.807, 2.05) is 22.9 Å². The SMILES string of the molecule is COC(=O)CCC(C)n1cnc(-c2cccnc2)c1. The lowest BCUT2D eigenvalue weighted by molar-refractivity contribution is -0.140. The first-order chi connectivity index (χ1) is 9.20. The van der Waals surface area contributed by atoms with Gasteiger partial charge in [-0.2, -0.15) is 0 Å². The van der Waals surface area contributed by atoms with E-state index in [4.69, 9.17) is 0 Å². The van der Waals surface area contributed by atoms with Crippen LogP contribution in [0.5, 0.6) is 0 Å². The zero-order chi connectivity index (χ0) is 13.7. The van der Waals surface area contributed by atoms with Gasteiger partial charge in [-0.1, -0.05) is 0 Å². The minimum atomic E-state index is -0.181. The third kappa shape index (κ3) is 3.40. The van der Waals surface area contributed by atoms with Gasteiger partial charge in [-0.3, -0.25) is 9.78 Å². The van der Waals surface area contributed by atoms with E-state index >= 15 is 0 Å². The van der Waals surface area contributed by atoms with Crippen LogP contribution in [0.2, 0.25) is 0 Å². The third-order valence-corrected chi connectivity index (χ3v) is 3.06. The quantitative estimate of drug-likeness (QED) is 0.774. The Labute approximate surface area is 112 Å². The fourth-order valence-electron chi connectivity index (χ4n) is 1.82. The number of rotatable bonds is 5. The number of methoxy groups -OCH3 is 1. The van der Waals surface area contributed by atoms with Crippen LogP contribution in [0.1, 0.15) is 25.8 Å². The summed E-state index contributed by atoms with van der Waals surface area (Å²) >= 11 is 0. The van der Waals surface area contributed by atoms with Gasteiger partial charge in [-0.05, 0) is 25.5 Å². The van der Waals surface area contributed by atoms with Gasteiger partial charge in [0.05, 0.1) is 19.1 Å². The molecule has 2 heterocycles. The zero-order valence-electron chi connectivity index (χ0n) is 11.1. The molecule has 0 saturated carbocycles. The maximum Gasteiger partial charge on any atom is 0.305 e. The number of esters is 1. The third-order valence-electron chi connectivity index (χ3n) is 3.06. The summed E-state index contributed by atoms with van der Waals surface area (Å²) in [6.45, 7) is 2.05. The van der Waals surface area contributed by atoms with E-state index in [0.29, 0.717) is 6.42 Å². The van der Waals surface area contributed by atoms with E-state index in [9.17, 15) is 4.79 Å². The van der Waals surface area contributed by atoms with Crippen molar-refractivity contribution in [2.24, 2.45) is 0 Å². The van der Waals surface area contributed by atoms with Gasteiger partial charge in [0.1, 0.15) is 0 Å². The second-order valence-corrected chi connectivity index (χ2v) is 4.41. The lowest BCUT2D eigenvalue weighted by Crippen LogP contribution is -2.07. The maximum atomic E-state index is 11.1. The van der Waals surface area contributed by atoms with Crippen molar-refractivity contribution in [2.45, 2.75) is 25.8 Å². The van der Waals surface area contributed by atoms with Crippen molar-refractivity contribution >= 4 is 5.97 Å². The second kappa shape index (κ2) is 6.13. The molecule has 1 atom stereocenters. The number of pyridine rings is 1. The van der Waals surface area contributed by atoms with Crippen LogP contribution in [-0.4, -0.2) is 27.6 Å². The minimum absolute atomic E-state index is 0.181. The van der Waals surface area contributed by atoms with E-state index in [-0.39, 0.29) is 12.0 Å². The number of carbonyl (C=O) groups is 1. The summed E-state index contributed by atoms with van der Waals surface area (Å²) in [6, 6.07) is 4.06. The highest BCUT2D eigenvalue weighted by molar-refractivity contribution is 5.69. The van der Waals surface area contributed by atoms with Gasteiger partial charge in [-0.15, -0.1) is 0 Å². The number of nitrogens with zero attached hydrogens (tertiary/aromatic N) is 3. The average Bonchev–Trinajstić information content (AvgIpc) is 2.95. The molecule has 0 spiro atoms. The first-order valence-corrected chi connectivity index (χ1v) is 6.21. The first kappa shape index (κ1) is 13.3. The van der Waals surface area contributed by atoms with Crippen LogP contribution in [0.3, 0.4) is 0 Å². The molecule has 19 heavy (non-hydrogen) atoms.